The smallest absolute Gasteiger partial charge is 0.300 e. The van der Waals surface area contributed by atoms with Crippen LogP contribution in [0.4, 0.5) is 5.69 Å². The maximum Gasteiger partial charge on any atom is 0.300 e. The summed E-state index contributed by atoms with van der Waals surface area (Å²) in [4.78, 5) is 32.3. The number of hydrogen-bond donors (Lipinski definition) is 1. The highest BCUT2D eigenvalue weighted by Gasteiger charge is 2.47. The fourth-order valence-electron chi connectivity index (χ4n) is 4.07. The van der Waals surface area contributed by atoms with Gasteiger partial charge in [-0.3, -0.25) is 19.5 Å². The van der Waals surface area contributed by atoms with Gasteiger partial charge < -0.3 is 14.6 Å². The first-order chi connectivity index (χ1) is 15.9. The van der Waals surface area contributed by atoms with Crippen molar-refractivity contribution in [3.63, 3.8) is 0 Å². The number of aromatic nitrogens is 1. The van der Waals surface area contributed by atoms with Crippen molar-refractivity contribution in [3.8, 4) is 11.5 Å². The van der Waals surface area contributed by atoms with Crippen molar-refractivity contribution in [1.29, 1.82) is 0 Å². The topological polar surface area (TPSA) is 89.0 Å². The van der Waals surface area contributed by atoms with Crippen LogP contribution in [0.25, 0.3) is 5.76 Å². The van der Waals surface area contributed by atoms with E-state index < -0.39 is 17.7 Å². The lowest BCUT2D eigenvalue weighted by atomic mass is 9.95. The van der Waals surface area contributed by atoms with Gasteiger partial charge >= 0.3 is 0 Å². The predicted octanol–water partition coefficient (Wildman–Crippen LogP) is 4.34. The summed E-state index contributed by atoms with van der Waals surface area (Å²) in [6.07, 6.45) is 3.20. The first-order valence-electron chi connectivity index (χ1n) is 10.4. The first-order valence-corrected chi connectivity index (χ1v) is 10.4. The zero-order chi connectivity index (χ0) is 23.7. The third-order valence-corrected chi connectivity index (χ3v) is 5.94. The largest absolute Gasteiger partial charge is 0.507 e. The Morgan fingerprint density at radius 1 is 1.03 bits per heavy atom. The number of aryl methyl sites for hydroxylation is 1. The molecule has 168 valence electrons. The maximum absolute atomic E-state index is 13.3. The highest BCUT2D eigenvalue weighted by Crippen LogP contribution is 2.44. The lowest BCUT2D eigenvalue weighted by Gasteiger charge is -2.27. The molecule has 1 aromatic heterocycles. The van der Waals surface area contributed by atoms with Crippen LogP contribution in [0.3, 0.4) is 0 Å². The van der Waals surface area contributed by atoms with Crippen LogP contribution in [-0.4, -0.2) is 36.0 Å². The van der Waals surface area contributed by atoms with Gasteiger partial charge in [0.2, 0.25) is 0 Å². The monoisotopic (exact) mass is 444 g/mol. The molecule has 0 aliphatic carbocycles. The van der Waals surface area contributed by atoms with Crippen molar-refractivity contribution in [2.24, 2.45) is 0 Å². The van der Waals surface area contributed by atoms with Crippen molar-refractivity contribution in [2.45, 2.75) is 19.9 Å². The molecule has 2 heterocycles. The molecule has 0 bridgehead atoms. The fraction of sp³-hybridized carbons (Fsp3) is 0.192. The number of anilines is 1. The molecule has 7 heteroatoms. The molecule has 1 saturated heterocycles. The second-order valence-electron chi connectivity index (χ2n) is 7.74. The van der Waals surface area contributed by atoms with E-state index in [4.69, 9.17) is 9.47 Å². The molecule has 1 N–H and O–H groups in total. The number of benzene rings is 2. The van der Waals surface area contributed by atoms with Crippen molar-refractivity contribution in [3.05, 3.63) is 88.8 Å². The van der Waals surface area contributed by atoms with Gasteiger partial charge in [-0.05, 0) is 60.9 Å². The number of amides is 1. The van der Waals surface area contributed by atoms with Crippen LogP contribution in [0.15, 0.2) is 66.5 Å². The number of carbonyl (C=O) groups excluding carboxylic acids is 2. The SMILES string of the molecule is COc1ccc(OC)c(/C(O)=C2\C(=O)C(=O)N(c3cccc(C)c3C)C2c2cccnc2)c1. The van der Waals surface area contributed by atoms with Gasteiger partial charge in [0.25, 0.3) is 11.7 Å². The number of carbonyl (C=O) groups is 2. The molecular weight excluding hydrogens is 420 g/mol. The summed E-state index contributed by atoms with van der Waals surface area (Å²) in [5.74, 6) is -1.03. The number of rotatable bonds is 5. The standard InChI is InChI=1S/C26H24N2O5/c1-15-7-5-9-20(16(15)2)28-23(17-8-6-12-27-14-17)22(25(30)26(28)31)24(29)19-13-18(32-3)10-11-21(19)33-4/h5-14,23,29H,1-4H3/b24-22+. The minimum absolute atomic E-state index is 0.0412. The second kappa shape index (κ2) is 8.78. The lowest BCUT2D eigenvalue weighted by Crippen LogP contribution is -2.30. The first kappa shape index (κ1) is 22.1. The Hall–Kier alpha value is -4.13. The number of nitrogens with zero attached hydrogens (tertiary/aromatic N) is 2. The van der Waals surface area contributed by atoms with Crippen LogP contribution >= 0.6 is 0 Å². The second-order valence-corrected chi connectivity index (χ2v) is 7.74. The number of methoxy groups -OCH3 is 2. The van der Waals surface area contributed by atoms with E-state index in [-0.39, 0.29) is 16.9 Å². The average Bonchev–Trinajstić information content (AvgIpc) is 3.10. The lowest BCUT2D eigenvalue weighted by molar-refractivity contribution is -0.132. The summed E-state index contributed by atoms with van der Waals surface area (Å²) in [6.45, 7) is 3.84. The van der Waals surface area contributed by atoms with E-state index >= 15 is 0 Å². The summed E-state index contributed by atoms with van der Waals surface area (Å²) in [7, 11) is 2.96. The fourth-order valence-corrected chi connectivity index (χ4v) is 4.07. The number of aliphatic hydroxyl groups is 1. The Bertz CT molecular complexity index is 1270. The van der Waals surface area contributed by atoms with Gasteiger partial charge in [-0.1, -0.05) is 18.2 Å². The number of pyridine rings is 1. The molecule has 1 amide bonds. The Labute approximate surface area is 191 Å². The molecule has 0 spiro atoms. The Morgan fingerprint density at radius 3 is 2.48 bits per heavy atom. The van der Waals surface area contributed by atoms with Crippen LogP contribution in [0.2, 0.25) is 0 Å². The van der Waals surface area contributed by atoms with E-state index in [9.17, 15) is 14.7 Å². The van der Waals surface area contributed by atoms with E-state index in [1.54, 1.807) is 48.8 Å². The normalized spacial score (nSPS) is 17.3. The third kappa shape index (κ3) is 3.71. The Morgan fingerprint density at radius 2 is 1.82 bits per heavy atom. The minimum atomic E-state index is -0.866. The highest BCUT2D eigenvalue weighted by atomic mass is 16.5. The van der Waals surface area contributed by atoms with Gasteiger partial charge in [-0.25, -0.2) is 0 Å². The third-order valence-electron chi connectivity index (χ3n) is 5.94. The minimum Gasteiger partial charge on any atom is -0.507 e. The van der Waals surface area contributed by atoms with Gasteiger partial charge in [-0.15, -0.1) is 0 Å². The molecule has 1 aliphatic rings. The molecule has 1 atom stereocenters. The van der Waals surface area contributed by atoms with Crippen LogP contribution in [0.5, 0.6) is 11.5 Å². The Balaban J connectivity index is 2.01. The number of ether oxygens (including phenoxy) is 2. The Kier molecular flexibility index (Phi) is 5.87. The molecule has 33 heavy (non-hydrogen) atoms. The molecule has 1 aliphatic heterocycles. The van der Waals surface area contributed by atoms with Crippen LogP contribution in [0.1, 0.15) is 28.3 Å². The molecule has 3 aromatic rings. The molecule has 2 aromatic carbocycles. The predicted molar refractivity (Wildman–Crippen MR) is 124 cm³/mol. The summed E-state index contributed by atoms with van der Waals surface area (Å²) >= 11 is 0. The van der Waals surface area contributed by atoms with Gasteiger partial charge in [0.1, 0.15) is 17.3 Å². The van der Waals surface area contributed by atoms with Crippen LogP contribution < -0.4 is 14.4 Å². The van der Waals surface area contributed by atoms with E-state index in [1.165, 1.54) is 19.1 Å². The van der Waals surface area contributed by atoms with Gasteiger partial charge in [-0.2, -0.15) is 0 Å². The highest BCUT2D eigenvalue weighted by molar-refractivity contribution is 6.51. The van der Waals surface area contributed by atoms with Gasteiger partial charge in [0.05, 0.1) is 31.4 Å². The molecular formula is C26H24N2O5. The van der Waals surface area contributed by atoms with Crippen molar-refractivity contribution in [1.82, 2.24) is 4.98 Å². The number of ketones is 1. The van der Waals surface area contributed by atoms with E-state index in [2.05, 4.69) is 4.98 Å². The van der Waals surface area contributed by atoms with Crippen LogP contribution in [-0.2, 0) is 9.59 Å². The van der Waals surface area contributed by atoms with E-state index in [1.807, 2.05) is 26.0 Å². The maximum atomic E-state index is 13.3. The van der Waals surface area contributed by atoms with Gasteiger partial charge in [0, 0.05) is 18.1 Å². The van der Waals surface area contributed by atoms with Crippen molar-refractivity contribution in [2.75, 3.05) is 19.1 Å². The number of Topliss-reactive ketones (excluding diaryl/α,β-unsaturated/α-hetero) is 1. The zero-order valence-electron chi connectivity index (χ0n) is 18.8. The number of aliphatic hydroxyl groups excluding tert-OH is 1. The van der Waals surface area contributed by atoms with Crippen molar-refractivity contribution < 1.29 is 24.2 Å². The van der Waals surface area contributed by atoms with E-state index in [0.717, 1.165) is 11.1 Å². The summed E-state index contributed by atoms with van der Waals surface area (Å²) < 4.78 is 10.7. The van der Waals surface area contributed by atoms with Crippen molar-refractivity contribution >= 4 is 23.1 Å². The summed E-state index contributed by atoms with van der Waals surface area (Å²) in [5.41, 5.74) is 3.26. The summed E-state index contributed by atoms with van der Waals surface area (Å²) in [6, 6.07) is 13.1. The molecule has 7 nitrogen and oxygen atoms in total. The molecule has 1 fully saturated rings. The van der Waals surface area contributed by atoms with Crippen LogP contribution in [0, 0.1) is 13.8 Å². The zero-order valence-corrected chi connectivity index (χ0v) is 18.8. The number of hydrogen-bond acceptors (Lipinski definition) is 6. The summed E-state index contributed by atoms with van der Waals surface area (Å²) in [5, 5.41) is 11.4. The average molecular weight is 444 g/mol. The molecule has 0 radical (unpaired) electrons. The molecule has 0 saturated carbocycles. The van der Waals surface area contributed by atoms with Gasteiger partial charge in [0.15, 0.2) is 0 Å². The molecule has 4 rings (SSSR count). The molecule has 1 unspecified atom stereocenters. The van der Waals surface area contributed by atoms with E-state index in [0.29, 0.717) is 22.7 Å². The quantitative estimate of drug-likeness (QED) is 0.358.